The molecule has 1 rings (SSSR count). The second-order valence-corrected chi connectivity index (χ2v) is 4.65. The van der Waals surface area contributed by atoms with E-state index in [1.165, 1.54) is 0 Å². The second-order valence-electron chi connectivity index (χ2n) is 2.96. The molecule has 2 N–H and O–H groups in total. The zero-order valence-electron chi connectivity index (χ0n) is 6.10. The first kappa shape index (κ1) is 8.96. The lowest BCUT2D eigenvalue weighted by molar-refractivity contribution is 0.130. The molecule has 0 aromatic heterocycles. The van der Waals surface area contributed by atoms with Gasteiger partial charge >= 0.3 is 0 Å². The van der Waals surface area contributed by atoms with Crippen LogP contribution in [0, 0.1) is 0 Å². The lowest BCUT2D eigenvalue weighted by Gasteiger charge is -2.22. The first-order chi connectivity index (χ1) is 5.00. The quantitative estimate of drug-likeness (QED) is 0.564. The number of hydrogen-bond acceptors (Lipinski definition) is 3. The molecule has 11 heavy (non-hydrogen) atoms. The first-order valence-electron chi connectivity index (χ1n) is 3.64. The highest BCUT2D eigenvalue weighted by molar-refractivity contribution is 7.86. The Balaban J connectivity index is 2.60. The minimum atomic E-state index is -3.92. The molecule has 1 fully saturated rings. The topological polar surface area (TPSA) is 74.6 Å². The monoisotopic (exact) mass is 180 g/mol. The molecule has 0 aromatic rings. The van der Waals surface area contributed by atoms with Crippen LogP contribution >= 0.6 is 0 Å². The van der Waals surface area contributed by atoms with E-state index in [1.54, 1.807) is 0 Å². The normalized spacial score (nSPS) is 33.6. The van der Waals surface area contributed by atoms with Crippen LogP contribution in [0.15, 0.2) is 0 Å². The maximum Gasteiger partial charge on any atom is 0.267 e. The van der Waals surface area contributed by atoms with Crippen LogP contribution in [-0.4, -0.2) is 29.4 Å². The molecular formula is C6H12O4S. The third-order valence-electron chi connectivity index (χ3n) is 2.02. The lowest BCUT2D eigenvalue weighted by atomic mass is 9.97. The smallest absolute Gasteiger partial charge is 0.267 e. The van der Waals surface area contributed by atoms with Gasteiger partial charge in [-0.3, -0.25) is 4.55 Å². The van der Waals surface area contributed by atoms with E-state index in [9.17, 15) is 8.42 Å². The fourth-order valence-corrected chi connectivity index (χ4v) is 2.32. The maximum atomic E-state index is 10.6. The Labute approximate surface area is 66.0 Å². The van der Waals surface area contributed by atoms with Crippen molar-refractivity contribution in [1.29, 1.82) is 0 Å². The zero-order chi connectivity index (χ0) is 8.48. The van der Waals surface area contributed by atoms with Crippen LogP contribution in [0.2, 0.25) is 0 Å². The van der Waals surface area contributed by atoms with Gasteiger partial charge in [-0.25, -0.2) is 0 Å². The maximum absolute atomic E-state index is 10.6. The van der Waals surface area contributed by atoms with E-state index < -0.39 is 21.5 Å². The summed E-state index contributed by atoms with van der Waals surface area (Å²) in [5.74, 6) is 0. The van der Waals surface area contributed by atoms with Crippen LogP contribution in [0.4, 0.5) is 0 Å². The van der Waals surface area contributed by atoms with Crippen LogP contribution < -0.4 is 0 Å². The van der Waals surface area contributed by atoms with Crippen molar-refractivity contribution < 1.29 is 18.1 Å². The summed E-state index contributed by atoms with van der Waals surface area (Å²) in [7, 11) is -3.92. The fraction of sp³-hybridized carbons (Fsp3) is 1.00. The van der Waals surface area contributed by atoms with Crippen LogP contribution in [0.5, 0.6) is 0 Å². The van der Waals surface area contributed by atoms with E-state index in [4.69, 9.17) is 9.66 Å². The van der Waals surface area contributed by atoms with Crippen LogP contribution in [-0.2, 0) is 10.1 Å². The van der Waals surface area contributed by atoms with Crippen LogP contribution in [0.3, 0.4) is 0 Å². The molecule has 0 bridgehead atoms. The molecule has 2 atom stereocenters. The first-order valence-corrected chi connectivity index (χ1v) is 5.15. The number of aliphatic hydroxyl groups is 1. The molecule has 0 aliphatic heterocycles. The second kappa shape index (κ2) is 3.08. The summed E-state index contributed by atoms with van der Waals surface area (Å²) < 4.78 is 29.8. The van der Waals surface area contributed by atoms with Gasteiger partial charge in [-0.05, 0) is 25.7 Å². The molecular weight excluding hydrogens is 168 g/mol. The van der Waals surface area contributed by atoms with Crippen molar-refractivity contribution in [3.05, 3.63) is 0 Å². The Morgan fingerprint density at radius 3 is 2.27 bits per heavy atom. The van der Waals surface area contributed by atoms with Crippen molar-refractivity contribution in [1.82, 2.24) is 0 Å². The third-order valence-corrected chi connectivity index (χ3v) is 3.29. The zero-order valence-corrected chi connectivity index (χ0v) is 6.92. The molecule has 1 aliphatic rings. The van der Waals surface area contributed by atoms with Gasteiger partial charge in [0.2, 0.25) is 0 Å². The van der Waals surface area contributed by atoms with Gasteiger partial charge in [0.25, 0.3) is 10.1 Å². The van der Waals surface area contributed by atoms with Gasteiger partial charge in [0.1, 0.15) is 0 Å². The van der Waals surface area contributed by atoms with Gasteiger partial charge in [-0.15, -0.1) is 0 Å². The van der Waals surface area contributed by atoms with E-state index >= 15 is 0 Å². The summed E-state index contributed by atoms with van der Waals surface area (Å²) in [6, 6.07) is 0. The average molecular weight is 180 g/mol. The Kier molecular flexibility index (Phi) is 2.51. The van der Waals surface area contributed by atoms with Crippen LogP contribution in [0.1, 0.15) is 25.7 Å². The predicted molar refractivity (Wildman–Crippen MR) is 39.8 cm³/mol. The largest absolute Gasteiger partial charge is 0.393 e. The van der Waals surface area contributed by atoms with Gasteiger partial charge in [0, 0.05) is 0 Å². The van der Waals surface area contributed by atoms with E-state index in [1.807, 2.05) is 0 Å². The molecule has 0 amide bonds. The number of hydrogen-bond donors (Lipinski definition) is 2. The van der Waals surface area contributed by atoms with Gasteiger partial charge in [-0.1, -0.05) is 0 Å². The molecule has 0 heterocycles. The molecule has 4 nitrogen and oxygen atoms in total. The highest BCUT2D eigenvalue weighted by atomic mass is 32.2. The minimum Gasteiger partial charge on any atom is -0.393 e. The van der Waals surface area contributed by atoms with E-state index in [0.29, 0.717) is 19.3 Å². The van der Waals surface area contributed by atoms with E-state index in [2.05, 4.69) is 0 Å². The summed E-state index contributed by atoms with van der Waals surface area (Å²) in [6.07, 6.45) is 1.41. The van der Waals surface area contributed by atoms with Crippen molar-refractivity contribution in [2.45, 2.75) is 37.0 Å². The summed E-state index contributed by atoms with van der Waals surface area (Å²) >= 11 is 0. The third kappa shape index (κ3) is 2.43. The summed E-state index contributed by atoms with van der Waals surface area (Å²) in [5.41, 5.74) is 0. The Bertz CT molecular complexity index is 221. The molecule has 0 saturated heterocycles. The lowest BCUT2D eigenvalue weighted by Crippen LogP contribution is -2.30. The standard InChI is InChI=1S/C6H12O4S/c7-5-2-1-3-6(4-5)11(8,9)10/h5-7H,1-4H2,(H,8,9,10)/t5-,6?/m0/s1. The van der Waals surface area contributed by atoms with Crippen molar-refractivity contribution in [3.63, 3.8) is 0 Å². The Hall–Kier alpha value is -0.130. The summed E-state index contributed by atoms with van der Waals surface area (Å²) in [4.78, 5) is 0. The van der Waals surface area contributed by atoms with Gasteiger partial charge in [0.05, 0.1) is 11.4 Å². The number of aliphatic hydroxyl groups excluding tert-OH is 1. The van der Waals surface area contributed by atoms with E-state index in [0.717, 1.165) is 0 Å². The molecule has 5 heteroatoms. The fourth-order valence-electron chi connectivity index (χ4n) is 1.39. The van der Waals surface area contributed by atoms with Crippen LogP contribution in [0.25, 0.3) is 0 Å². The molecule has 1 aliphatic carbocycles. The molecule has 1 unspecified atom stereocenters. The van der Waals surface area contributed by atoms with Crippen molar-refractivity contribution >= 4 is 10.1 Å². The summed E-state index contributed by atoms with van der Waals surface area (Å²) in [5, 5.41) is 8.32. The average Bonchev–Trinajstić information content (AvgIpc) is 1.86. The van der Waals surface area contributed by atoms with Gasteiger partial charge < -0.3 is 5.11 Å². The number of rotatable bonds is 1. The minimum absolute atomic E-state index is 0.179. The van der Waals surface area contributed by atoms with Crippen molar-refractivity contribution in [2.24, 2.45) is 0 Å². The van der Waals surface area contributed by atoms with Gasteiger partial charge in [0.15, 0.2) is 0 Å². The molecule has 0 aromatic carbocycles. The highest BCUT2D eigenvalue weighted by Crippen LogP contribution is 2.23. The SMILES string of the molecule is O=S(=O)(O)C1CCC[C@H](O)C1. The molecule has 66 valence electrons. The Morgan fingerprint density at radius 1 is 1.27 bits per heavy atom. The van der Waals surface area contributed by atoms with Crippen molar-refractivity contribution in [2.75, 3.05) is 0 Å². The van der Waals surface area contributed by atoms with Gasteiger partial charge in [-0.2, -0.15) is 8.42 Å². The predicted octanol–water partition coefficient (Wildman–Crippen LogP) is 0.178. The van der Waals surface area contributed by atoms with Crippen molar-refractivity contribution in [3.8, 4) is 0 Å². The molecule has 0 radical (unpaired) electrons. The summed E-state index contributed by atoms with van der Waals surface area (Å²) in [6.45, 7) is 0. The Morgan fingerprint density at radius 2 is 1.91 bits per heavy atom. The molecule has 1 saturated carbocycles. The highest BCUT2D eigenvalue weighted by Gasteiger charge is 2.29. The van der Waals surface area contributed by atoms with E-state index in [-0.39, 0.29) is 6.42 Å². The molecule has 0 spiro atoms.